The number of nitrogens with one attached hydrogen (secondary N) is 2. The summed E-state index contributed by atoms with van der Waals surface area (Å²) in [6, 6.07) is 7.77. The van der Waals surface area contributed by atoms with Crippen molar-refractivity contribution in [2.45, 2.75) is 19.8 Å². The van der Waals surface area contributed by atoms with Crippen molar-refractivity contribution in [3.63, 3.8) is 0 Å². The lowest BCUT2D eigenvalue weighted by molar-refractivity contribution is 0.0953. The van der Waals surface area contributed by atoms with Crippen LogP contribution in [0.4, 0.5) is 0 Å². The molecule has 22 heavy (non-hydrogen) atoms. The molecule has 6 heteroatoms. The van der Waals surface area contributed by atoms with Crippen molar-refractivity contribution in [1.82, 2.24) is 15.6 Å². The van der Waals surface area contributed by atoms with E-state index in [1.165, 1.54) is 0 Å². The fourth-order valence-electron chi connectivity index (χ4n) is 2.14. The van der Waals surface area contributed by atoms with Crippen LogP contribution in [0.1, 0.15) is 26.6 Å². The molecule has 0 aliphatic carbocycles. The Balaban J connectivity index is 0.00000242. The van der Waals surface area contributed by atoms with Crippen LogP contribution in [0.25, 0.3) is 0 Å². The molecular formula is C16H22ClN3OS. The molecule has 0 aliphatic heterocycles. The number of hydrogen-bond donors (Lipinski definition) is 2. The number of carbonyl (C=O) groups excluding carboxylic acids is 1. The van der Waals surface area contributed by atoms with E-state index in [1.54, 1.807) is 11.3 Å². The van der Waals surface area contributed by atoms with Gasteiger partial charge in [-0.1, -0.05) is 18.2 Å². The molecule has 0 fully saturated rings. The van der Waals surface area contributed by atoms with Crippen molar-refractivity contribution in [3.05, 3.63) is 51.5 Å². The molecule has 0 unspecified atom stereocenters. The standard InChI is InChI=1S/C16H21N3OS.ClH/c1-12-19-14(11-21-12)8-10-18-16(20)15-6-4-3-5-13(15)7-9-17-2;/h3-6,11,17H,7-10H2,1-2H3,(H,18,20);1H. The van der Waals surface area contributed by atoms with E-state index in [4.69, 9.17) is 0 Å². The van der Waals surface area contributed by atoms with Crippen molar-refractivity contribution in [1.29, 1.82) is 0 Å². The van der Waals surface area contributed by atoms with Gasteiger partial charge in [0.2, 0.25) is 0 Å². The van der Waals surface area contributed by atoms with E-state index in [0.717, 1.165) is 41.2 Å². The van der Waals surface area contributed by atoms with Crippen LogP contribution in [-0.4, -0.2) is 31.0 Å². The van der Waals surface area contributed by atoms with Crippen LogP contribution in [0.3, 0.4) is 0 Å². The first-order valence-corrected chi connectivity index (χ1v) is 8.00. The molecule has 0 aliphatic rings. The maximum atomic E-state index is 12.3. The van der Waals surface area contributed by atoms with Gasteiger partial charge in [0.15, 0.2) is 0 Å². The van der Waals surface area contributed by atoms with Gasteiger partial charge < -0.3 is 10.6 Å². The third-order valence-corrected chi connectivity index (χ3v) is 4.06. The van der Waals surface area contributed by atoms with Crippen LogP contribution < -0.4 is 10.6 Å². The van der Waals surface area contributed by atoms with E-state index < -0.39 is 0 Å². The molecule has 4 nitrogen and oxygen atoms in total. The maximum Gasteiger partial charge on any atom is 0.251 e. The molecule has 0 saturated heterocycles. The second-order valence-electron chi connectivity index (χ2n) is 4.87. The number of amides is 1. The second-order valence-corrected chi connectivity index (χ2v) is 5.94. The van der Waals surface area contributed by atoms with Gasteiger partial charge in [-0.2, -0.15) is 0 Å². The summed E-state index contributed by atoms with van der Waals surface area (Å²) in [4.78, 5) is 16.7. The van der Waals surface area contributed by atoms with E-state index in [9.17, 15) is 4.79 Å². The van der Waals surface area contributed by atoms with Gasteiger partial charge in [0.05, 0.1) is 10.7 Å². The van der Waals surface area contributed by atoms with Gasteiger partial charge in [0.25, 0.3) is 5.91 Å². The number of aromatic nitrogens is 1. The number of carbonyl (C=O) groups is 1. The largest absolute Gasteiger partial charge is 0.352 e. The number of hydrogen-bond acceptors (Lipinski definition) is 4. The average molecular weight is 340 g/mol. The predicted octanol–water partition coefficient (Wildman–Crippen LogP) is 2.61. The number of halogens is 1. The summed E-state index contributed by atoms with van der Waals surface area (Å²) < 4.78 is 0. The summed E-state index contributed by atoms with van der Waals surface area (Å²) in [5, 5.41) is 9.20. The van der Waals surface area contributed by atoms with Crippen molar-refractivity contribution < 1.29 is 4.79 Å². The van der Waals surface area contributed by atoms with Gasteiger partial charge in [-0.25, -0.2) is 4.98 Å². The van der Waals surface area contributed by atoms with Gasteiger partial charge in [-0.05, 0) is 38.6 Å². The van der Waals surface area contributed by atoms with E-state index in [1.807, 2.05) is 43.6 Å². The maximum absolute atomic E-state index is 12.3. The van der Waals surface area contributed by atoms with Crippen LogP contribution in [0, 0.1) is 6.92 Å². The summed E-state index contributed by atoms with van der Waals surface area (Å²) in [6.45, 7) is 3.47. The molecular weight excluding hydrogens is 318 g/mol. The van der Waals surface area contributed by atoms with Crippen LogP contribution >= 0.6 is 23.7 Å². The first-order valence-electron chi connectivity index (χ1n) is 7.12. The molecule has 0 bridgehead atoms. The molecule has 2 rings (SSSR count). The van der Waals surface area contributed by atoms with Crippen LogP contribution in [0.15, 0.2) is 29.6 Å². The third-order valence-electron chi connectivity index (χ3n) is 3.24. The van der Waals surface area contributed by atoms with Gasteiger partial charge in [0, 0.05) is 23.9 Å². The zero-order valence-electron chi connectivity index (χ0n) is 12.9. The van der Waals surface area contributed by atoms with Crippen LogP contribution in [-0.2, 0) is 12.8 Å². The molecule has 2 aromatic rings. The van der Waals surface area contributed by atoms with E-state index in [-0.39, 0.29) is 18.3 Å². The Morgan fingerprint density at radius 2 is 2.00 bits per heavy atom. The van der Waals surface area contributed by atoms with Crippen molar-refractivity contribution in [3.8, 4) is 0 Å². The van der Waals surface area contributed by atoms with Gasteiger partial charge in [-0.15, -0.1) is 23.7 Å². The quantitative estimate of drug-likeness (QED) is 0.815. The predicted molar refractivity (Wildman–Crippen MR) is 94.2 cm³/mol. The topological polar surface area (TPSA) is 54.0 Å². The highest BCUT2D eigenvalue weighted by molar-refractivity contribution is 7.09. The molecule has 2 N–H and O–H groups in total. The Bertz CT molecular complexity index is 601. The normalized spacial score (nSPS) is 10.1. The van der Waals surface area contributed by atoms with Crippen molar-refractivity contribution in [2.24, 2.45) is 0 Å². The minimum absolute atomic E-state index is 0. The average Bonchev–Trinajstić information content (AvgIpc) is 2.91. The molecule has 1 heterocycles. The van der Waals surface area contributed by atoms with Crippen LogP contribution in [0.2, 0.25) is 0 Å². The number of benzene rings is 1. The van der Waals surface area contributed by atoms with Gasteiger partial charge in [0.1, 0.15) is 0 Å². The lowest BCUT2D eigenvalue weighted by Gasteiger charge is -2.09. The minimum Gasteiger partial charge on any atom is -0.352 e. The molecule has 0 spiro atoms. The Labute approximate surface area is 141 Å². The number of thiazole rings is 1. The smallest absolute Gasteiger partial charge is 0.251 e. The third kappa shape index (κ3) is 5.40. The Kier molecular flexibility index (Phi) is 8.09. The first kappa shape index (κ1) is 18.6. The number of likely N-dealkylation sites (N-methyl/N-ethyl adjacent to an activating group) is 1. The van der Waals surface area contributed by atoms with Crippen molar-refractivity contribution >= 4 is 29.7 Å². The molecule has 1 aromatic heterocycles. The highest BCUT2D eigenvalue weighted by atomic mass is 35.5. The summed E-state index contributed by atoms with van der Waals surface area (Å²) >= 11 is 1.64. The first-order chi connectivity index (χ1) is 10.2. The van der Waals surface area contributed by atoms with E-state index in [0.29, 0.717) is 6.54 Å². The zero-order valence-corrected chi connectivity index (χ0v) is 14.5. The van der Waals surface area contributed by atoms with Crippen LogP contribution in [0.5, 0.6) is 0 Å². The Morgan fingerprint density at radius 3 is 2.68 bits per heavy atom. The highest BCUT2D eigenvalue weighted by Crippen LogP contribution is 2.10. The molecule has 1 amide bonds. The summed E-state index contributed by atoms with van der Waals surface area (Å²) in [7, 11) is 1.92. The minimum atomic E-state index is -0.00588. The molecule has 1 aromatic carbocycles. The Hall–Kier alpha value is -1.43. The summed E-state index contributed by atoms with van der Waals surface area (Å²) in [5.74, 6) is -0.00588. The zero-order chi connectivity index (χ0) is 15.1. The fraction of sp³-hybridized carbons (Fsp3) is 0.375. The monoisotopic (exact) mass is 339 g/mol. The fourth-order valence-corrected chi connectivity index (χ4v) is 2.79. The molecule has 0 radical (unpaired) electrons. The highest BCUT2D eigenvalue weighted by Gasteiger charge is 2.10. The van der Waals surface area contributed by atoms with Crippen molar-refractivity contribution in [2.75, 3.05) is 20.1 Å². The van der Waals surface area contributed by atoms with Gasteiger partial charge >= 0.3 is 0 Å². The molecule has 0 atom stereocenters. The summed E-state index contributed by atoms with van der Waals surface area (Å²) in [6.07, 6.45) is 1.63. The number of aryl methyl sites for hydroxylation is 1. The van der Waals surface area contributed by atoms with E-state index in [2.05, 4.69) is 15.6 Å². The number of rotatable bonds is 7. The molecule has 120 valence electrons. The SMILES string of the molecule is CNCCc1ccccc1C(=O)NCCc1csc(C)n1.Cl. The summed E-state index contributed by atoms with van der Waals surface area (Å²) in [5.41, 5.74) is 2.89. The second kappa shape index (κ2) is 9.56. The van der Waals surface area contributed by atoms with Gasteiger partial charge in [-0.3, -0.25) is 4.79 Å². The van der Waals surface area contributed by atoms with E-state index >= 15 is 0 Å². The lowest BCUT2D eigenvalue weighted by Crippen LogP contribution is -2.27. The number of nitrogens with zero attached hydrogens (tertiary/aromatic N) is 1. The Morgan fingerprint density at radius 1 is 1.23 bits per heavy atom. The lowest BCUT2D eigenvalue weighted by atomic mass is 10.0. The molecule has 0 saturated carbocycles.